The third kappa shape index (κ3) is 4.16. The van der Waals surface area contributed by atoms with E-state index in [0.717, 1.165) is 0 Å². The van der Waals surface area contributed by atoms with Crippen LogP contribution in [0.4, 0.5) is 11.4 Å². The van der Waals surface area contributed by atoms with Crippen LogP contribution in [0.2, 0.25) is 0 Å². The van der Waals surface area contributed by atoms with Crippen molar-refractivity contribution in [2.24, 2.45) is 0 Å². The monoisotopic (exact) mass is 292 g/mol. The molecular formula is C13H16N4O4. The number of benzene rings is 1. The Morgan fingerprint density at radius 3 is 2.76 bits per heavy atom. The molecule has 0 radical (unpaired) electrons. The predicted molar refractivity (Wildman–Crippen MR) is 75.2 cm³/mol. The normalized spacial score (nSPS) is 10.7. The summed E-state index contributed by atoms with van der Waals surface area (Å²) in [7, 11) is 0. The fourth-order valence-corrected chi connectivity index (χ4v) is 1.72. The van der Waals surface area contributed by atoms with Crippen LogP contribution in [-0.4, -0.2) is 21.2 Å². The van der Waals surface area contributed by atoms with Crippen molar-refractivity contribution in [2.75, 3.05) is 5.32 Å². The maximum Gasteiger partial charge on any atom is 0.275 e. The Balaban J connectivity index is 2.16. The number of nitro benzene ring substituents is 1. The Bertz CT molecular complexity index is 639. The van der Waals surface area contributed by atoms with E-state index in [-0.39, 0.29) is 18.3 Å². The predicted octanol–water partition coefficient (Wildman–Crippen LogP) is 2.69. The summed E-state index contributed by atoms with van der Waals surface area (Å²) >= 11 is 0. The van der Waals surface area contributed by atoms with Crippen LogP contribution in [0, 0.1) is 17.0 Å². The molecule has 0 aliphatic rings. The van der Waals surface area contributed by atoms with Crippen molar-refractivity contribution in [3.63, 3.8) is 0 Å². The number of hydrogen-bond donors (Lipinski definition) is 1. The fraction of sp³-hybridized carbons (Fsp3) is 0.385. The lowest BCUT2D eigenvalue weighted by Crippen LogP contribution is -2.07. The van der Waals surface area contributed by atoms with Crippen molar-refractivity contribution in [1.29, 1.82) is 0 Å². The smallest absolute Gasteiger partial charge is 0.275 e. The van der Waals surface area contributed by atoms with Crippen molar-refractivity contribution in [3.05, 3.63) is 40.0 Å². The third-order valence-electron chi connectivity index (χ3n) is 2.49. The van der Waals surface area contributed by atoms with E-state index in [0.29, 0.717) is 23.2 Å². The quantitative estimate of drug-likeness (QED) is 0.644. The highest BCUT2D eigenvalue weighted by Gasteiger charge is 2.12. The molecule has 0 bridgehead atoms. The average molecular weight is 292 g/mol. The minimum absolute atomic E-state index is 0.0441. The van der Waals surface area contributed by atoms with Crippen molar-refractivity contribution < 1.29 is 14.2 Å². The number of nitrogens with zero attached hydrogens (tertiary/aromatic N) is 3. The second-order valence-electron chi connectivity index (χ2n) is 4.73. The minimum atomic E-state index is -0.463. The Morgan fingerprint density at radius 2 is 2.19 bits per heavy atom. The van der Waals surface area contributed by atoms with Gasteiger partial charge in [0.1, 0.15) is 5.75 Å². The van der Waals surface area contributed by atoms with Crippen LogP contribution < -0.4 is 10.1 Å². The molecule has 0 aliphatic heterocycles. The van der Waals surface area contributed by atoms with Crippen LogP contribution in [0.15, 0.2) is 22.7 Å². The van der Waals surface area contributed by atoms with E-state index in [1.807, 2.05) is 13.8 Å². The van der Waals surface area contributed by atoms with Gasteiger partial charge in [-0.1, -0.05) is 5.16 Å². The zero-order valence-corrected chi connectivity index (χ0v) is 12.0. The van der Waals surface area contributed by atoms with Gasteiger partial charge in [0, 0.05) is 17.8 Å². The van der Waals surface area contributed by atoms with Crippen LogP contribution in [0.5, 0.6) is 5.75 Å². The summed E-state index contributed by atoms with van der Waals surface area (Å²) in [6.07, 6.45) is -0.0709. The van der Waals surface area contributed by atoms with E-state index < -0.39 is 4.92 Å². The van der Waals surface area contributed by atoms with Crippen LogP contribution >= 0.6 is 0 Å². The van der Waals surface area contributed by atoms with Gasteiger partial charge >= 0.3 is 0 Å². The van der Waals surface area contributed by atoms with Gasteiger partial charge in [-0.3, -0.25) is 10.1 Å². The topological polar surface area (TPSA) is 103 Å². The molecule has 0 spiro atoms. The van der Waals surface area contributed by atoms with Crippen LogP contribution in [-0.2, 0) is 6.54 Å². The van der Waals surface area contributed by atoms with E-state index in [1.54, 1.807) is 13.0 Å². The van der Waals surface area contributed by atoms with E-state index in [9.17, 15) is 10.1 Å². The number of ether oxygens (including phenoxy) is 1. The summed E-state index contributed by atoms with van der Waals surface area (Å²) in [6, 6.07) is 4.51. The molecule has 0 fully saturated rings. The first-order valence-electron chi connectivity index (χ1n) is 6.43. The number of non-ortho nitro benzene ring substituents is 1. The third-order valence-corrected chi connectivity index (χ3v) is 2.49. The Morgan fingerprint density at radius 1 is 1.43 bits per heavy atom. The molecule has 21 heavy (non-hydrogen) atoms. The van der Waals surface area contributed by atoms with Crippen LogP contribution in [0.3, 0.4) is 0 Å². The van der Waals surface area contributed by atoms with Gasteiger partial charge in [0.05, 0.1) is 23.6 Å². The summed E-state index contributed by atoms with van der Waals surface area (Å²) in [5.74, 6) is 1.38. The standard InChI is InChI=1S/C13H16N4O4/c1-8(2)20-12-5-10(4-11(6-12)17(18)19)14-7-13-15-9(3)16-21-13/h4-6,8,14H,7H2,1-3H3. The molecule has 2 rings (SSSR count). The first kappa shape index (κ1) is 14.8. The Kier molecular flexibility index (Phi) is 4.36. The van der Waals surface area contributed by atoms with Crippen molar-refractivity contribution in [1.82, 2.24) is 10.1 Å². The van der Waals surface area contributed by atoms with Crippen molar-refractivity contribution in [3.8, 4) is 5.75 Å². The van der Waals surface area contributed by atoms with Crippen molar-refractivity contribution >= 4 is 11.4 Å². The largest absolute Gasteiger partial charge is 0.491 e. The summed E-state index contributed by atoms with van der Waals surface area (Å²) in [6.45, 7) is 5.71. The molecule has 1 heterocycles. The second-order valence-corrected chi connectivity index (χ2v) is 4.73. The molecule has 8 nitrogen and oxygen atoms in total. The number of nitrogens with one attached hydrogen (secondary N) is 1. The molecule has 0 aliphatic carbocycles. The number of nitro groups is 1. The van der Waals surface area contributed by atoms with Gasteiger partial charge in [-0.15, -0.1) is 0 Å². The summed E-state index contributed by atoms with van der Waals surface area (Å²) < 4.78 is 10.5. The lowest BCUT2D eigenvalue weighted by molar-refractivity contribution is -0.384. The van der Waals surface area contributed by atoms with Gasteiger partial charge in [0.25, 0.3) is 5.69 Å². The number of rotatable bonds is 6. The highest BCUT2D eigenvalue weighted by atomic mass is 16.6. The fourth-order valence-electron chi connectivity index (χ4n) is 1.72. The van der Waals surface area contributed by atoms with Gasteiger partial charge in [-0.05, 0) is 20.8 Å². The second kappa shape index (κ2) is 6.21. The van der Waals surface area contributed by atoms with E-state index in [2.05, 4.69) is 15.5 Å². The first-order valence-corrected chi connectivity index (χ1v) is 6.43. The number of anilines is 1. The van der Waals surface area contributed by atoms with Gasteiger partial charge in [0.15, 0.2) is 5.82 Å². The van der Waals surface area contributed by atoms with Gasteiger partial charge in [0.2, 0.25) is 5.89 Å². The van der Waals surface area contributed by atoms with Gasteiger partial charge in [-0.2, -0.15) is 4.98 Å². The molecule has 112 valence electrons. The molecule has 0 atom stereocenters. The number of hydrogen-bond acceptors (Lipinski definition) is 7. The molecule has 0 amide bonds. The summed E-state index contributed by atoms with van der Waals surface area (Å²) in [4.78, 5) is 14.5. The first-order chi connectivity index (χ1) is 9.94. The van der Waals surface area contributed by atoms with Crippen LogP contribution in [0.25, 0.3) is 0 Å². The SMILES string of the molecule is Cc1noc(CNc2cc(OC(C)C)cc([N+](=O)[O-])c2)n1. The highest BCUT2D eigenvalue weighted by molar-refractivity contribution is 5.56. The van der Waals surface area contributed by atoms with Gasteiger partial charge < -0.3 is 14.6 Å². The maximum absolute atomic E-state index is 11.0. The molecule has 0 unspecified atom stereocenters. The Hall–Kier alpha value is -2.64. The Labute approximate surface area is 121 Å². The summed E-state index contributed by atoms with van der Waals surface area (Å²) in [5.41, 5.74) is 0.507. The zero-order valence-electron chi connectivity index (χ0n) is 12.0. The lowest BCUT2D eigenvalue weighted by Gasteiger charge is -2.11. The van der Waals surface area contributed by atoms with E-state index in [1.165, 1.54) is 12.1 Å². The molecule has 2 aromatic rings. The van der Waals surface area contributed by atoms with Crippen LogP contribution in [0.1, 0.15) is 25.6 Å². The lowest BCUT2D eigenvalue weighted by atomic mass is 10.2. The molecule has 1 aromatic carbocycles. The zero-order chi connectivity index (χ0) is 15.4. The maximum atomic E-state index is 11.0. The highest BCUT2D eigenvalue weighted by Crippen LogP contribution is 2.27. The number of aryl methyl sites for hydroxylation is 1. The average Bonchev–Trinajstić information content (AvgIpc) is 2.81. The molecule has 1 N–H and O–H groups in total. The van der Waals surface area contributed by atoms with E-state index >= 15 is 0 Å². The summed E-state index contributed by atoms with van der Waals surface area (Å²) in [5, 5.41) is 17.6. The number of aromatic nitrogens is 2. The van der Waals surface area contributed by atoms with Gasteiger partial charge in [-0.25, -0.2) is 0 Å². The van der Waals surface area contributed by atoms with E-state index in [4.69, 9.17) is 9.26 Å². The minimum Gasteiger partial charge on any atom is -0.491 e. The molecule has 0 saturated heterocycles. The molecular weight excluding hydrogens is 276 g/mol. The molecule has 0 saturated carbocycles. The molecule has 8 heteroatoms. The molecule has 1 aromatic heterocycles. The van der Waals surface area contributed by atoms with Crippen molar-refractivity contribution in [2.45, 2.75) is 33.4 Å².